The van der Waals surface area contributed by atoms with Crippen LogP contribution in [0.25, 0.3) is 11.3 Å². The van der Waals surface area contributed by atoms with Crippen LogP contribution < -0.4 is 0 Å². The molecular formula is C17H18ClN3O2. The number of halogens is 1. The van der Waals surface area contributed by atoms with Crippen molar-refractivity contribution in [1.29, 1.82) is 0 Å². The Morgan fingerprint density at radius 1 is 1.30 bits per heavy atom. The number of hydrogen-bond acceptors (Lipinski definition) is 4. The van der Waals surface area contributed by atoms with Gasteiger partial charge < -0.3 is 9.52 Å². The summed E-state index contributed by atoms with van der Waals surface area (Å²) in [4.78, 5) is 4.32. The first-order valence-electron chi connectivity index (χ1n) is 7.43. The molecule has 1 N–H and O–H groups in total. The maximum Gasteiger partial charge on any atom is 0.216 e. The first kappa shape index (κ1) is 15.8. The monoisotopic (exact) mass is 331 g/mol. The zero-order chi connectivity index (χ0) is 16.4. The Bertz CT molecular complexity index is 823. The van der Waals surface area contributed by atoms with E-state index in [1.165, 1.54) is 0 Å². The van der Waals surface area contributed by atoms with Gasteiger partial charge in [0.25, 0.3) is 0 Å². The molecule has 23 heavy (non-hydrogen) atoms. The van der Waals surface area contributed by atoms with Crippen LogP contribution in [0.3, 0.4) is 0 Å². The molecule has 0 bridgehead atoms. The minimum absolute atomic E-state index is 0.116. The second-order valence-electron chi connectivity index (χ2n) is 5.41. The molecule has 0 spiro atoms. The van der Waals surface area contributed by atoms with Crippen molar-refractivity contribution in [2.24, 2.45) is 0 Å². The van der Waals surface area contributed by atoms with E-state index < -0.39 is 0 Å². The number of oxazole rings is 1. The van der Waals surface area contributed by atoms with E-state index in [4.69, 9.17) is 21.1 Å². The van der Waals surface area contributed by atoms with Gasteiger partial charge in [-0.15, -0.1) is 0 Å². The van der Waals surface area contributed by atoms with E-state index in [0.717, 1.165) is 22.5 Å². The van der Waals surface area contributed by atoms with Crippen molar-refractivity contribution in [3.63, 3.8) is 0 Å². The van der Waals surface area contributed by atoms with Gasteiger partial charge in [-0.1, -0.05) is 23.7 Å². The fourth-order valence-electron chi connectivity index (χ4n) is 2.65. The van der Waals surface area contributed by atoms with Gasteiger partial charge >= 0.3 is 0 Å². The highest BCUT2D eigenvalue weighted by Gasteiger charge is 2.14. The minimum atomic E-state index is 0.116. The van der Waals surface area contributed by atoms with E-state index >= 15 is 0 Å². The van der Waals surface area contributed by atoms with Gasteiger partial charge in [-0.3, -0.25) is 4.68 Å². The lowest BCUT2D eigenvalue weighted by atomic mass is 10.1. The summed E-state index contributed by atoms with van der Waals surface area (Å²) in [7, 11) is 0. The molecule has 0 unspecified atom stereocenters. The normalized spacial score (nSPS) is 11.1. The number of aliphatic hydroxyl groups is 1. The molecule has 120 valence electrons. The standard InChI is InChI=1S/C17H18ClN3O2/c1-11-15(6-7-22)12(2)21(20-11)10-17-19-9-16(23-17)13-4-3-5-14(18)8-13/h3-5,8-9,22H,6-7,10H2,1-2H3. The Hall–Kier alpha value is -2.11. The number of nitrogens with zero attached hydrogens (tertiary/aromatic N) is 3. The third kappa shape index (κ3) is 3.30. The molecule has 0 saturated heterocycles. The summed E-state index contributed by atoms with van der Waals surface area (Å²) in [5.41, 5.74) is 3.93. The highest BCUT2D eigenvalue weighted by Crippen LogP contribution is 2.24. The lowest BCUT2D eigenvalue weighted by molar-refractivity contribution is 0.299. The smallest absolute Gasteiger partial charge is 0.216 e. The van der Waals surface area contributed by atoms with E-state index in [1.807, 2.05) is 42.8 Å². The van der Waals surface area contributed by atoms with Crippen molar-refractivity contribution in [1.82, 2.24) is 14.8 Å². The molecule has 3 rings (SSSR count). The van der Waals surface area contributed by atoms with E-state index in [1.54, 1.807) is 6.20 Å². The third-order valence-electron chi connectivity index (χ3n) is 3.84. The molecule has 0 atom stereocenters. The van der Waals surface area contributed by atoms with Gasteiger partial charge in [0.2, 0.25) is 5.89 Å². The molecule has 0 saturated carbocycles. The summed E-state index contributed by atoms with van der Waals surface area (Å²) in [5, 5.41) is 14.3. The number of benzene rings is 1. The van der Waals surface area contributed by atoms with Crippen LogP contribution in [0.5, 0.6) is 0 Å². The van der Waals surface area contributed by atoms with Crippen LogP contribution in [0.2, 0.25) is 5.02 Å². The molecular weight excluding hydrogens is 314 g/mol. The average Bonchev–Trinajstić information content (AvgIpc) is 3.09. The Morgan fingerprint density at radius 3 is 2.87 bits per heavy atom. The van der Waals surface area contributed by atoms with E-state index in [-0.39, 0.29) is 6.61 Å². The summed E-state index contributed by atoms with van der Waals surface area (Å²) < 4.78 is 7.67. The van der Waals surface area contributed by atoms with Crippen LogP contribution in [0.15, 0.2) is 34.9 Å². The summed E-state index contributed by atoms with van der Waals surface area (Å²) in [6, 6.07) is 7.47. The molecule has 2 aromatic heterocycles. The van der Waals surface area contributed by atoms with E-state index in [9.17, 15) is 0 Å². The Morgan fingerprint density at radius 2 is 2.13 bits per heavy atom. The van der Waals surface area contributed by atoms with E-state index in [0.29, 0.717) is 29.6 Å². The van der Waals surface area contributed by atoms with Crippen molar-refractivity contribution >= 4 is 11.6 Å². The van der Waals surface area contributed by atoms with Gasteiger partial charge in [0.15, 0.2) is 5.76 Å². The van der Waals surface area contributed by atoms with Crippen molar-refractivity contribution in [2.75, 3.05) is 6.61 Å². The minimum Gasteiger partial charge on any atom is -0.439 e. The number of hydrogen-bond donors (Lipinski definition) is 1. The summed E-state index contributed by atoms with van der Waals surface area (Å²) in [5.74, 6) is 1.26. The Kier molecular flexibility index (Phi) is 4.50. The summed E-state index contributed by atoms with van der Waals surface area (Å²) in [6.07, 6.45) is 2.30. The van der Waals surface area contributed by atoms with Gasteiger partial charge in [0.1, 0.15) is 6.54 Å². The predicted octanol–water partition coefficient (Wildman–Crippen LogP) is 3.39. The second kappa shape index (κ2) is 6.56. The van der Waals surface area contributed by atoms with Crippen molar-refractivity contribution in [3.05, 3.63) is 58.3 Å². The van der Waals surface area contributed by atoms with Crippen LogP contribution in [0.4, 0.5) is 0 Å². The molecule has 0 aliphatic heterocycles. The first-order chi connectivity index (χ1) is 11.1. The lowest BCUT2D eigenvalue weighted by Crippen LogP contribution is -2.04. The average molecular weight is 332 g/mol. The molecule has 0 aliphatic carbocycles. The molecule has 3 aromatic rings. The lowest BCUT2D eigenvalue weighted by Gasteiger charge is -2.02. The van der Waals surface area contributed by atoms with Crippen molar-refractivity contribution in [2.45, 2.75) is 26.8 Å². The fraction of sp³-hybridized carbons (Fsp3) is 0.294. The Labute approximate surface area is 139 Å². The summed E-state index contributed by atoms with van der Waals surface area (Å²) >= 11 is 6.01. The number of aromatic nitrogens is 3. The first-order valence-corrected chi connectivity index (χ1v) is 7.80. The molecule has 0 amide bonds. The second-order valence-corrected chi connectivity index (χ2v) is 5.85. The van der Waals surface area contributed by atoms with Gasteiger partial charge in [-0.2, -0.15) is 5.10 Å². The van der Waals surface area contributed by atoms with Crippen molar-refractivity contribution in [3.8, 4) is 11.3 Å². The van der Waals surface area contributed by atoms with Gasteiger partial charge in [0, 0.05) is 22.9 Å². The van der Waals surface area contributed by atoms with Crippen LogP contribution >= 0.6 is 11.6 Å². The van der Waals surface area contributed by atoms with Gasteiger partial charge in [-0.05, 0) is 38.0 Å². The molecule has 0 fully saturated rings. The van der Waals surface area contributed by atoms with E-state index in [2.05, 4.69) is 10.1 Å². The summed E-state index contributed by atoms with van der Waals surface area (Å²) in [6.45, 7) is 4.51. The molecule has 2 heterocycles. The zero-order valence-electron chi connectivity index (χ0n) is 13.1. The largest absolute Gasteiger partial charge is 0.439 e. The van der Waals surface area contributed by atoms with Crippen molar-refractivity contribution < 1.29 is 9.52 Å². The number of rotatable bonds is 5. The third-order valence-corrected chi connectivity index (χ3v) is 4.08. The molecule has 0 aliphatic rings. The van der Waals surface area contributed by atoms with Gasteiger partial charge in [0.05, 0.1) is 11.9 Å². The van der Waals surface area contributed by atoms with Crippen LogP contribution in [0.1, 0.15) is 22.8 Å². The van der Waals surface area contributed by atoms with Crippen LogP contribution in [0, 0.1) is 13.8 Å². The molecule has 5 nitrogen and oxygen atoms in total. The topological polar surface area (TPSA) is 64.1 Å². The fourth-order valence-corrected chi connectivity index (χ4v) is 2.84. The molecule has 1 aromatic carbocycles. The quantitative estimate of drug-likeness (QED) is 0.778. The molecule has 6 heteroatoms. The Balaban J connectivity index is 1.84. The number of aliphatic hydroxyl groups excluding tert-OH is 1. The maximum absolute atomic E-state index is 9.14. The van der Waals surface area contributed by atoms with Gasteiger partial charge in [-0.25, -0.2) is 4.98 Å². The maximum atomic E-state index is 9.14. The zero-order valence-corrected chi connectivity index (χ0v) is 13.8. The number of aryl methyl sites for hydroxylation is 1. The van der Waals surface area contributed by atoms with Crippen LogP contribution in [-0.2, 0) is 13.0 Å². The SMILES string of the molecule is Cc1nn(Cc2ncc(-c3cccc(Cl)c3)o2)c(C)c1CCO. The van der Waals surface area contributed by atoms with Crippen LogP contribution in [-0.4, -0.2) is 26.5 Å². The molecule has 0 radical (unpaired) electrons. The predicted molar refractivity (Wildman–Crippen MR) is 88.5 cm³/mol. The highest BCUT2D eigenvalue weighted by atomic mass is 35.5. The highest BCUT2D eigenvalue weighted by molar-refractivity contribution is 6.30.